The quantitative estimate of drug-likeness (QED) is 0.889. The summed E-state index contributed by atoms with van der Waals surface area (Å²) in [5.41, 5.74) is 1.98. The minimum atomic E-state index is -0.0616. The summed E-state index contributed by atoms with van der Waals surface area (Å²) in [6.45, 7) is 4.23. The van der Waals surface area contributed by atoms with Gasteiger partial charge in [-0.2, -0.15) is 0 Å². The summed E-state index contributed by atoms with van der Waals surface area (Å²) in [6, 6.07) is 5.73. The second kappa shape index (κ2) is 6.87. The van der Waals surface area contributed by atoms with E-state index >= 15 is 0 Å². The largest absolute Gasteiger partial charge is 0.496 e. The highest BCUT2D eigenvalue weighted by Crippen LogP contribution is 2.40. The Kier molecular flexibility index (Phi) is 5.14. The highest BCUT2D eigenvalue weighted by molar-refractivity contribution is 7.05. The number of nitrogens with one attached hydrogen (secondary N) is 1. The maximum Gasteiger partial charge on any atom is 0.127 e. The van der Waals surface area contributed by atoms with Crippen LogP contribution in [0.15, 0.2) is 18.2 Å². The number of hydrogen-bond acceptors (Lipinski definition) is 6. The average molecular weight is 307 g/mol. The SMILES string of the molecule is CNC(c1snnc1C(C)C)c1c(OC)cccc1OC. The average Bonchev–Trinajstić information content (AvgIpc) is 2.97. The summed E-state index contributed by atoms with van der Waals surface area (Å²) in [5.74, 6) is 1.89. The molecule has 0 spiro atoms. The van der Waals surface area contributed by atoms with Crippen molar-refractivity contribution in [3.05, 3.63) is 34.3 Å². The maximum atomic E-state index is 5.51. The lowest BCUT2D eigenvalue weighted by Gasteiger charge is -2.21. The molecule has 0 aliphatic rings. The van der Waals surface area contributed by atoms with Crippen LogP contribution in [-0.4, -0.2) is 30.9 Å². The van der Waals surface area contributed by atoms with E-state index in [1.807, 2.05) is 25.2 Å². The van der Waals surface area contributed by atoms with E-state index in [-0.39, 0.29) is 6.04 Å². The van der Waals surface area contributed by atoms with Crippen LogP contribution in [0.5, 0.6) is 11.5 Å². The van der Waals surface area contributed by atoms with E-state index in [9.17, 15) is 0 Å². The van der Waals surface area contributed by atoms with Gasteiger partial charge in [-0.15, -0.1) is 5.10 Å². The number of hydrogen-bond donors (Lipinski definition) is 1. The molecule has 1 aromatic carbocycles. The number of aromatic nitrogens is 2. The fourth-order valence-electron chi connectivity index (χ4n) is 2.38. The smallest absolute Gasteiger partial charge is 0.127 e. The molecular weight excluding hydrogens is 286 g/mol. The summed E-state index contributed by atoms with van der Waals surface area (Å²) >= 11 is 1.41. The maximum absolute atomic E-state index is 5.51. The van der Waals surface area contributed by atoms with E-state index in [4.69, 9.17) is 9.47 Å². The van der Waals surface area contributed by atoms with E-state index in [0.717, 1.165) is 27.6 Å². The minimum Gasteiger partial charge on any atom is -0.496 e. The van der Waals surface area contributed by atoms with Crippen molar-refractivity contribution in [2.24, 2.45) is 0 Å². The lowest BCUT2D eigenvalue weighted by atomic mass is 9.98. The fourth-order valence-corrected chi connectivity index (χ4v) is 3.30. The number of benzene rings is 1. The second-order valence-corrected chi connectivity index (χ2v) is 5.76. The molecule has 0 aliphatic carbocycles. The third kappa shape index (κ3) is 3.01. The van der Waals surface area contributed by atoms with Gasteiger partial charge in [0, 0.05) is 0 Å². The predicted molar refractivity (Wildman–Crippen MR) is 84.4 cm³/mol. The van der Waals surface area contributed by atoms with Crippen LogP contribution in [-0.2, 0) is 0 Å². The van der Waals surface area contributed by atoms with Crippen molar-refractivity contribution in [2.45, 2.75) is 25.8 Å². The molecule has 1 atom stereocenters. The first-order valence-corrected chi connectivity index (χ1v) is 7.61. The first-order valence-electron chi connectivity index (χ1n) is 6.84. The normalized spacial score (nSPS) is 12.5. The van der Waals surface area contributed by atoms with Crippen LogP contribution in [0.3, 0.4) is 0 Å². The zero-order valence-corrected chi connectivity index (χ0v) is 13.8. The number of rotatable bonds is 6. The van der Waals surface area contributed by atoms with Crippen LogP contribution in [0, 0.1) is 0 Å². The molecular formula is C15H21N3O2S. The summed E-state index contributed by atoms with van der Waals surface area (Å²) in [5, 5.41) is 7.60. The van der Waals surface area contributed by atoms with Gasteiger partial charge in [-0.05, 0) is 36.6 Å². The van der Waals surface area contributed by atoms with Crippen LogP contribution >= 0.6 is 11.5 Å². The van der Waals surface area contributed by atoms with Gasteiger partial charge in [0.25, 0.3) is 0 Å². The topological polar surface area (TPSA) is 56.3 Å². The van der Waals surface area contributed by atoms with Gasteiger partial charge < -0.3 is 14.8 Å². The van der Waals surface area contributed by atoms with Crippen molar-refractivity contribution in [1.82, 2.24) is 14.9 Å². The Morgan fingerprint density at radius 3 is 2.24 bits per heavy atom. The lowest BCUT2D eigenvalue weighted by molar-refractivity contribution is 0.379. The first kappa shape index (κ1) is 15.7. The first-order chi connectivity index (χ1) is 10.1. The molecule has 5 nitrogen and oxygen atoms in total. The van der Waals surface area contributed by atoms with E-state index in [1.54, 1.807) is 14.2 Å². The van der Waals surface area contributed by atoms with E-state index in [1.165, 1.54) is 11.5 Å². The van der Waals surface area contributed by atoms with Crippen LogP contribution < -0.4 is 14.8 Å². The van der Waals surface area contributed by atoms with Crippen molar-refractivity contribution in [2.75, 3.05) is 21.3 Å². The monoisotopic (exact) mass is 307 g/mol. The van der Waals surface area contributed by atoms with Crippen molar-refractivity contribution < 1.29 is 9.47 Å². The Hall–Kier alpha value is -1.66. The molecule has 1 N–H and O–H groups in total. The van der Waals surface area contributed by atoms with Gasteiger partial charge in [0.2, 0.25) is 0 Å². The minimum absolute atomic E-state index is 0.0616. The third-order valence-corrected chi connectivity index (χ3v) is 4.20. The zero-order valence-electron chi connectivity index (χ0n) is 13.0. The van der Waals surface area contributed by atoms with Gasteiger partial charge in [-0.25, -0.2) is 0 Å². The molecule has 0 saturated heterocycles. The molecule has 1 heterocycles. The molecule has 21 heavy (non-hydrogen) atoms. The third-order valence-electron chi connectivity index (χ3n) is 3.39. The van der Waals surface area contributed by atoms with Crippen molar-refractivity contribution in [3.8, 4) is 11.5 Å². The summed E-state index contributed by atoms with van der Waals surface area (Å²) in [4.78, 5) is 1.09. The Labute approximate surface area is 129 Å². The molecule has 0 bridgehead atoms. The van der Waals surface area contributed by atoms with Gasteiger partial charge in [-0.1, -0.05) is 24.4 Å². The number of nitrogens with zero attached hydrogens (tertiary/aromatic N) is 2. The van der Waals surface area contributed by atoms with Crippen LogP contribution in [0.4, 0.5) is 0 Å². The summed E-state index contributed by atoms with van der Waals surface area (Å²) in [6.07, 6.45) is 0. The zero-order chi connectivity index (χ0) is 15.4. The molecule has 2 rings (SSSR count). The molecule has 0 saturated carbocycles. The van der Waals surface area contributed by atoms with Crippen LogP contribution in [0.1, 0.15) is 41.9 Å². The van der Waals surface area contributed by atoms with Gasteiger partial charge in [0.15, 0.2) is 0 Å². The van der Waals surface area contributed by atoms with Crippen LogP contribution in [0.25, 0.3) is 0 Å². The fraction of sp³-hybridized carbons (Fsp3) is 0.467. The van der Waals surface area contributed by atoms with Crippen molar-refractivity contribution in [1.29, 1.82) is 0 Å². The molecule has 114 valence electrons. The summed E-state index contributed by atoms with van der Waals surface area (Å²) < 4.78 is 15.1. The Morgan fingerprint density at radius 1 is 1.14 bits per heavy atom. The van der Waals surface area contributed by atoms with Gasteiger partial charge in [0.05, 0.1) is 36.4 Å². The molecule has 0 radical (unpaired) electrons. The predicted octanol–water partition coefficient (Wildman–Crippen LogP) is 2.99. The van der Waals surface area contributed by atoms with Crippen molar-refractivity contribution in [3.63, 3.8) is 0 Å². The molecule has 0 fully saturated rings. The Morgan fingerprint density at radius 2 is 1.76 bits per heavy atom. The highest BCUT2D eigenvalue weighted by Gasteiger charge is 2.27. The molecule has 2 aromatic rings. The van der Waals surface area contributed by atoms with Gasteiger partial charge >= 0.3 is 0 Å². The standard InChI is InChI=1S/C15H21N3O2S/c1-9(2)13-15(21-18-17-13)14(16-3)12-10(19-4)7-6-8-11(12)20-5/h6-9,14,16H,1-5H3. The summed E-state index contributed by atoms with van der Waals surface area (Å²) in [7, 11) is 5.25. The van der Waals surface area contributed by atoms with Crippen LogP contribution in [0.2, 0.25) is 0 Å². The van der Waals surface area contributed by atoms with E-state index in [0.29, 0.717) is 5.92 Å². The Balaban J connectivity index is 2.58. The lowest BCUT2D eigenvalue weighted by Crippen LogP contribution is -2.20. The van der Waals surface area contributed by atoms with E-state index in [2.05, 4.69) is 28.8 Å². The molecule has 0 aliphatic heterocycles. The van der Waals surface area contributed by atoms with Gasteiger partial charge in [-0.3, -0.25) is 0 Å². The Bertz CT molecular complexity index is 576. The second-order valence-electron chi connectivity index (χ2n) is 4.98. The molecule has 1 unspecified atom stereocenters. The number of ether oxygens (including phenoxy) is 2. The molecule has 0 amide bonds. The molecule has 6 heteroatoms. The number of methoxy groups -OCH3 is 2. The van der Waals surface area contributed by atoms with E-state index < -0.39 is 0 Å². The van der Waals surface area contributed by atoms with Gasteiger partial charge in [0.1, 0.15) is 11.5 Å². The highest BCUT2D eigenvalue weighted by atomic mass is 32.1. The van der Waals surface area contributed by atoms with Crippen molar-refractivity contribution >= 4 is 11.5 Å². The molecule has 1 aromatic heterocycles.